The van der Waals surface area contributed by atoms with Gasteiger partial charge in [0.1, 0.15) is 5.75 Å². The number of anilines is 1. The first-order chi connectivity index (χ1) is 16.6. The Balaban J connectivity index is 1.60. The molecule has 8 heteroatoms. The van der Waals surface area contributed by atoms with E-state index in [1.165, 1.54) is 5.69 Å². The fourth-order valence-corrected chi connectivity index (χ4v) is 4.46. The minimum atomic E-state index is -0.656. The third-order valence-electron chi connectivity index (χ3n) is 6.05. The van der Waals surface area contributed by atoms with Crippen LogP contribution in [0.3, 0.4) is 0 Å². The van der Waals surface area contributed by atoms with Crippen molar-refractivity contribution in [2.45, 2.75) is 19.9 Å². The Morgan fingerprint density at radius 3 is 2.38 bits per heavy atom. The van der Waals surface area contributed by atoms with Crippen LogP contribution in [-0.2, 0) is 9.53 Å². The Labute approximate surface area is 200 Å². The molecule has 8 nitrogen and oxygen atoms in total. The summed E-state index contributed by atoms with van der Waals surface area (Å²) in [7, 11) is 0. The number of para-hydroxylation sites is 2. The maximum absolute atomic E-state index is 13.1. The van der Waals surface area contributed by atoms with Crippen LogP contribution in [0.15, 0.2) is 65.9 Å². The van der Waals surface area contributed by atoms with E-state index >= 15 is 0 Å². The van der Waals surface area contributed by atoms with E-state index in [1.807, 2.05) is 49.4 Å². The van der Waals surface area contributed by atoms with Crippen LogP contribution in [0, 0.1) is 0 Å². The molecule has 0 unspecified atom stereocenters. The Hall–Kier alpha value is -3.52. The number of hydrogen-bond acceptors (Lipinski definition) is 6. The lowest BCUT2D eigenvalue weighted by molar-refractivity contribution is -0.139. The van der Waals surface area contributed by atoms with Crippen molar-refractivity contribution in [2.75, 3.05) is 50.8 Å². The topological polar surface area (TPSA) is 83.1 Å². The Kier molecular flexibility index (Phi) is 7.69. The van der Waals surface area contributed by atoms with Crippen LogP contribution < -0.4 is 20.3 Å². The molecule has 0 spiro atoms. The summed E-state index contributed by atoms with van der Waals surface area (Å²) in [5, 5.41) is 5.78. The van der Waals surface area contributed by atoms with E-state index in [-0.39, 0.29) is 12.6 Å². The molecule has 0 aliphatic carbocycles. The van der Waals surface area contributed by atoms with Gasteiger partial charge in [0.15, 0.2) is 0 Å². The third kappa shape index (κ3) is 5.34. The van der Waals surface area contributed by atoms with Gasteiger partial charge in [-0.25, -0.2) is 9.59 Å². The molecule has 1 saturated heterocycles. The molecule has 2 aromatic carbocycles. The third-order valence-corrected chi connectivity index (χ3v) is 6.05. The molecule has 0 bridgehead atoms. The van der Waals surface area contributed by atoms with Crippen LogP contribution in [-0.4, -0.2) is 62.8 Å². The van der Waals surface area contributed by atoms with Crippen molar-refractivity contribution < 1.29 is 19.1 Å². The van der Waals surface area contributed by atoms with Gasteiger partial charge in [-0.1, -0.05) is 36.4 Å². The molecule has 2 aromatic rings. The summed E-state index contributed by atoms with van der Waals surface area (Å²) >= 11 is 0. The van der Waals surface area contributed by atoms with E-state index in [0.717, 1.165) is 31.7 Å². The van der Waals surface area contributed by atoms with Crippen LogP contribution in [0.25, 0.3) is 0 Å². The highest BCUT2D eigenvalue weighted by Gasteiger charge is 2.36. The van der Waals surface area contributed by atoms with Crippen molar-refractivity contribution in [2.24, 2.45) is 0 Å². The van der Waals surface area contributed by atoms with Crippen LogP contribution in [0.5, 0.6) is 5.75 Å². The number of benzene rings is 2. The van der Waals surface area contributed by atoms with Crippen LogP contribution in [0.4, 0.5) is 10.5 Å². The quantitative estimate of drug-likeness (QED) is 0.585. The minimum Gasteiger partial charge on any atom is -0.494 e. The fraction of sp³-hybridized carbons (Fsp3) is 0.385. The number of carbonyl (C=O) groups is 2. The van der Waals surface area contributed by atoms with Gasteiger partial charge in [0.2, 0.25) is 0 Å². The Morgan fingerprint density at radius 2 is 1.68 bits per heavy atom. The lowest BCUT2D eigenvalue weighted by atomic mass is 9.94. The molecule has 0 saturated carbocycles. The Bertz CT molecular complexity index is 1030. The molecule has 34 heavy (non-hydrogen) atoms. The van der Waals surface area contributed by atoms with E-state index in [9.17, 15) is 9.59 Å². The molecule has 2 N–H and O–H groups in total. The number of nitrogens with zero attached hydrogens (tertiary/aromatic N) is 2. The van der Waals surface area contributed by atoms with E-state index in [2.05, 4.69) is 32.6 Å². The highest BCUT2D eigenvalue weighted by atomic mass is 16.5. The summed E-state index contributed by atoms with van der Waals surface area (Å²) in [6.45, 7) is 8.24. The van der Waals surface area contributed by atoms with Gasteiger partial charge >= 0.3 is 12.0 Å². The number of esters is 1. The maximum Gasteiger partial charge on any atom is 0.338 e. The van der Waals surface area contributed by atoms with Crippen LogP contribution in [0.2, 0.25) is 0 Å². The van der Waals surface area contributed by atoms with Crippen molar-refractivity contribution in [3.8, 4) is 5.75 Å². The number of urea groups is 1. The summed E-state index contributed by atoms with van der Waals surface area (Å²) in [6, 6.07) is 16.8. The number of ether oxygens (including phenoxy) is 2. The molecule has 1 fully saturated rings. The first kappa shape index (κ1) is 23.6. The maximum atomic E-state index is 13.1. The average molecular weight is 465 g/mol. The van der Waals surface area contributed by atoms with Crippen molar-refractivity contribution in [1.29, 1.82) is 0 Å². The zero-order valence-electron chi connectivity index (χ0n) is 19.8. The van der Waals surface area contributed by atoms with E-state index in [4.69, 9.17) is 9.47 Å². The molecule has 2 amide bonds. The standard InChI is InChI=1S/C26H32N4O4/c1-3-33-22-13-9-8-12-20(22)24-23(25(31)34-4-2)21(27-26(32)28-24)18-29-14-16-30(17-15-29)19-10-6-5-7-11-19/h5-13,24H,3-4,14-18H2,1-2H3,(H2,27,28,32)/t24-/m0/s1. The lowest BCUT2D eigenvalue weighted by Gasteiger charge is -2.38. The van der Waals surface area contributed by atoms with E-state index in [0.29, 0.717) is 30.2 Å². The van der Waals surface area contributed by atoms with Gasteiger partial charge in [0.05, 0.1) is 24.8 Å². The number of amides is 2. The number of hydrogen-bond donors (Lipinski definition) is 2. The van der Waals surface area contributed by atoms with Crippen molar-refractivity contribution >= 4 is 17.7 Å². The van der Waals surface area contributed by atoms with Gasteiger partial charge in [-0.3, -0.25) is 4.90 Å². The van der Waals surface area contributed by atoms with E-state index < -0.39 is 12.0 Å². The summed E-state index contributed by atoms with van der Waals surface area (Å²) in [4.78, 5) is 30.4. The first-order valence-corrected chi connectivity index (χ1v) is 11.8. The molecular formula is C26H32N4O4. The summed E-state index contributed by atoms with van der Waals surface area (Å²) in [5.74, 6) is 0.194. The van der Waals surface area contributed by atoms with Gasteiger partial charge in [0.25, 0.3) is 0 Å². The average Bonchev–Trinajstić information content (AvgIpc) is 2.85. The number of piperazine rings is 1. The molecule has 1 atom stereocenters. The number of rotatable bonds is 8. The molecule has 2 aliphatic heterocycles. The molecule has 2 heterocycles. The van der Waals surface area contributed by atoms with Gasteiger partial charge < -0.3 is 25.0 Å². The summed E-state index contributed by atoms with van der Waals surface area (Å²) in [6.07, 6.45) is 0. The Morgan fingerprint density at radius 1 is 0.971 bits per heavy atom. The van der Waals surface area contributed by atoms with Crippen LogP contribution in [0.1, 0.15) is 25.5 Å². The van der Waals surface area contributed by atoms with E-state index in [1.54, 1.807) is 6.92 Å². The molecular weight excluding hydrogens is 432 g/mol. The largest absolute Gasteiger partial charge is 0.494 e. The zero-order valence-corrected chi connectivity index (χ0v) is 19.8. The van der Waals surface area contributed by atoms with Gasteiger partial charge in [-0.15, -0.1) is 0 Å². The summed E-state index contributed by atoms with van der Waals surface area (Å²) in [5.41, 5.74) is 2.93. The predicted octanol–water partition coefficient (Wildman–Crippen LogP) is 3.08. The monoisotopic (exact) mass is 464 g/mol. The predicted molar refractivity (Wildman–Crippen MR) is 131 cm³/mol. The second-order valence-corrected chi connectivity index (χ2v) is 8.21. The highest BCUT2D eigenvalue weighted by Crippen LogP contribution is 2.34. The van der Waals surface area contributed by atoms with Gasteiger partial charge in [-0.2, -0.15) is 0 Å². The molecule has 2 aliphatic rings. The number of carbonyl (C=O) groups excluding carboxylic acids is 2. The lowest BCUT2D eigenvalue weighted by Crippen LogP contribution is -2.51. The molecule has 0 radical (unpaired) electrons. The molecule has 180 valence electrons. The van der Waals surface area contributed by atoms with Crippen molar-refractivity contribution in [1.82, 2.24) is 15.5 Å². The SMILES string of the molecule is CCOC(=O)C1=C(CN2CCN(c3ccccc3)CC2)NC(=O)N[C@H]1c1ccccc1OCC. The van der Waals surface area contributed by atoms with Crippen LogP contribution >= 0.6 is 0 Å². The molecule has 4 rings (SSSR count). The fourth-order valence-electron chi connectivity index (χ4n) is 4.46. The second kappa shape index (κ2) is 11.1. The van der Waals surface area contributed by atoms with Crippen molar-refractivity contribution in [3.63, 3.8) is 0 Å². The molecule has 0 aromatic heterocycles. The second-order valence-electron chi connectivity index (χ2n) is 8.21. The summed E-state index contributed by atoms with van der Waals surface area (Å²) < 4.78 is 11.2. The first-order valence-electron chi connectivity index (χ1n) is 11.8. The van der Waals surface area contributed by atoms with Gasteiger partial charge in [-0.05, 0) is 32.0 Å². The normalized spacial score (nSPS) is 18.8. The smallest absolute Gasteiger partial charge is 0.338 e. The van der Waals surface area contributed by atoms with Gasteiger partial charge in [0, 0.05) is 49.7 Å². The highest BCUT2D eigenvalue weighted by molar-refractivity contribution is 5.95. The van der Waals surface area contributed by atoms with Crippen molar-refractivity contribution in [3.05, 3.63) is 71.4 Å². The number of nitrogens with one attached hydrogen (secondary N) is 2. The minimum absolute atomic E-state index is 0.249. The zero-order chi connectivity index (χ0) is 23.9.